The van der Waals surface area contributed by atoms with E-state index in [2.05, 4.69) is 80.0 Å². The molecule has 1 aliphatic heterocycles. The molecule has 254 valence electrons. The summed E-state index contributed by atoms with van der Waals surface area (Å²) in [6.45, 7) is 22.0. The molecule has 1 heterocycles. The monoisotopic (exact) mass is 628 g/mol. The van der Waals surface area contributed by atoms with Crippen molar-refractivity contribution in [3.63, 3.8) is 0 Å². The molecule has 45 heavy (non-hydrogen) atoms. The molecule has 0 saturated carbocycles. The number of ether oxygens (including phenoxy) is 4. The Labute approximate surface area is 273 Å². The molecule has 0 amide bonds. The Morgan fingerprint density at radius 2 is 1.44 bits per heavy atom. The number of benzene rings is 1. The van der Waals surface area contributed by atoms with Crippen LogP contribution in [0.15, 0.2) is 48.1 Å². The van der Waals surface area contributed by atoms with Crippen molar-refractivity contribution in [2.24, 2.45) is 5.41 Å². The predicted molar refractivity (Wildman–Crippen MR) is 182 cm³/mol. The number of nitrogens with zero attached hydrogens (tertiary/aromatic N) is 2. The summed E-state index contributed by atoms with van der Waals surface area (Å²) < 4.78 is 22.2. The van der Waals surface area contributed by atoms with Gasteiger partial charge in [-0.25, -0.2) is 4.79 Å². The second kappa shape index (κ2) is 20.6. The van der Waals surface area contributed by atoms with E-state index in [9.17, 15) is 9.59 Å². The third-order valence-electron chi connectivity index (χ3n) is 7.23. The van der Waals surface area contributed by atoms with Crippen LogP contribution in [-0.4, -0.2) is 99.5 Å². The fourth-order valence-corrected chi connectivity index (χ4v) is 4.95. The van der Waals surface area contributed by atoms with Crippen molar-refractivity contribution in [1.29, 1.82) is 0 Å². The Kier molecular flexibility index (Phi) is 17.7. The predicted octanol–water partition coefficient (Wildman–Crippen LogP) is 6.28. The molecule has 1 aliphatic rings. The van der Waals surface area contributed by atoms with Gasteiger partial charge in [-0.1, -0.05) is 56.7 Å². The average Bonchev–Trinajstić information content (AvgIpc) is 2.94. The first-order valence-corrected chi connectivity index (χ1v) is 16.7. The Morgan fingerprint density at radius 1 is 0.822 bits per heavy atom. The highest BCUT2D eigenvalue weighted by atomic mass is 16.6. The average molecular weight is 629 g/mol. The van der Waals surface area contributed by atoms with Gasteiger partial charge in [-0.3, -0.25) is 14.6 Å². The second-order valence-electron chi connectivity index (χ2n) is 14.1. The second-order valence-corrected chi connectivity index (χ2v) is 14.1. The topological polar surface area (TPSA) is 77.5 Å². The quantitative estimate of drug-likeness (QED) is 0.0949. The van der Waals surface area contributed by atoms with E-state index in [4.69, 9.17) is 18.9 Å². The van der Waals surface area contributed by atoms with Gasteiger partial charge in [0.1, 0.15) is 30.3 Å². The number of Topliss-reactive ketones (excluding diaryl/α,β-unsaturated/α-hetero) is 1. The Morgan fingerprint density at radius 3 is 2.07 bits per heavy atom. The van der Waals surface area contributed by atoms with E-state index in [0.29, 0.717) is 45.1 Å². The summed E-state index contributed by atoms with van der Waals surface area (Å²) in [6, 6.07) is 8.45. The third-order valence-corrected chi connectivity index (χ3v) is 7.23. The molecule has 0 aliphatic carbocycles. The van der Waals surface area contributed by atoms with Crippen LogP contribution in [-0.2, 0) is 30.2 Å². The lowest BCUT2D eigenvalue weighted by atomic mass is 9.89. The Bertz CT molecular complexity index is 1040. The number of hydrogen-bond donors (Lipinski definition) is 0. The van der Waals surface area contributed by atoms with E-state index >= 15 is 0 Å². The van der Waals surface area contributed by atoms with Gasteiger partial charge in [0.05, 0.1) is 19.8 Å². The van der Waals surface area contributed by atoms with E-state index in [1.54, 1.807) is 0 Å². The Balaban J connectivity index is 1.50. The van der Waals surface area contributed by atoms with Crippen molar-refractivity contribution in [1.82, 2.24) is 9.80 Å². The highest BCUT2D eigenvalue weighted by molar-refractivity contribution is 5.79. The zero-order chi connectivity index (χ0) is 33.1. The van der Waals surface area contributed by atoms with Gasteiger partial charge in [-0.05, 0) is 70.1 Å². The Hall–Kier alpha value is -2.52. The minimum absolute atomic E-state index is 0.0430. The number of hydrogen-bond acceptors (Lipinski definition) is 8. The molecule has 1 saturated heterocycles. The normalized spacial score (nSPS) is 15.5. The van der Waals surface area contributed by atoms with Gasteiger partial charge in [0.2, 0.25) is 0 Å². The first-order chi connectivity index (χ1) is 21.3. The number of carbonyl (C=O) groups excluding carboxylic acids is 2. The summed E-state index contributed by atoms with van der Waals surface area (Å²) in [4.78, 5) is 28.5. The molecule has 2 rings (SSSR count). The highest BCUT2D eigenvalue weighted by Gasteiger charge is 2.18. The minimum Gasteiger partial charge on any atom is -0.492 e. The zero-order valence-electron chi connectivity index (χ0n) is 29.2. The van der Waals surface area contributed by atoms with Crippen molar-refractivity contribution in [2.75, 3.05) is 72.3 Å². The molecule has 0 bridgehead atoms. The molecular formula is C37H60N2O6. The molecule has 1 aromatic carbocycles. The fourth-order valence-electron chi connectivity index (χ4n) is 4.95. The zero-order valence-corrected chi connectivity index (χ0v) is 29.2. The van der Waals surface area contributed by atoms with Gasteiger partial charge >= 0.3 is 5.97 Å². The molecule has 8 heteroatoms. The van der Waals surface area contributed by atoms with Crippen molar-refractivity contribution < 1.29 is 28.5 Å². The van der Waals surface area contributed by atoms with Gasteiger partial charge in [0.15, 0.2) is 0 Å². The van der Waals surface area contributed by atoms with Crippen LogP contribution in [0.5, 0.6) is 5.75 Å². The van der Waals surface area contributed by atoms with E-state index < -0.39 is 5.60 Å². The van der Waals surface area contributed by atoms with Crippen molar-refractivity contribution in [3.05, 3.63) is 53.6 Å². The summed E-state index contributed by atoms with van der Waals surface area (Å²) >= 11 is 0. The summed E-state index contributed by atoms with van der Waals surface area (Å²) in [5, 5.41) is 0. The lowest BCUT2D eigenvalue weighted by Gasteiger charge is -2.34. The van der Waals surface area contributed by atoms with E-state index in [1.807, 2.05) is 20.8 Å². The maximum atomic E-state index is 12.0. The largest absolute Gasteiger partial charge is 0.492 e. The smallest absolute Gasteiger partial charge is 0.332 e. The van der Waals surface area contributed by atoms with Gasteiger partial charge < -0.3 is 18.9 Å². The van der Waals surface area contributed by atoms with Crippen molar-refractivity contribution in [3.8, 4) is 5.75 Å². The summed E-state index contributed by atoms with van der Waals surface area (Å²) in [7, 11) is 0. The highest BCUT2D eigenvalue weighted by Crippen LogP contribution is 2.20. The number of piperazine rings is 1. The molecular weight excluding hydrogens is 568 g/mol. The van der Waals surface area contributed by atoms with Gasteiger partial charge in [0.25, 0.3) is 0 Å². The minimum atomic E-state index is -0.491. The summed E-state index contributed by atoms with van der Waals surface area (Å²) in [5.74, 6) is 0.911. The molecule has 0 spiro atoms. The van der Waals surface area contributed by atoms with Crippen LogP contribution in [0.2, 0.25) is 0 Å². The number of rotatable bonds is 20. The molecule has 0 unspecified atom stereocenters. The number of esters is 1. The van der Waals surface area contributed by atoms with Crippen LogP contribution in [0.3, 0.4) is 0 Å². The van der Waals surface area contributed by atoms with Crippen LogP contribution in [0.25, 0.3) is 0 Å². The van der Waals surface area contributed by atoms with Crippen LogP contribution >= 0.6 is 0 Å². The van der Waals surface area contributed by atoms with Crippen LogP contribution < -0.4 is 4.74 Å². The summed E-state index contributed by atoms with van der Waals surface area (Å²) in [6.07, 6.45) is 10.6. The molecule has 0 radical (unpaired) electrons. The first kappa shape index (κ1) is 38.7. The van der Waals surface area contributed by atoms with Crippen molar-refractivity contribution >= 4 is 11.8 Å². The van der Waals surface area contributed by atoms with E-state index in [1.165, 1.54) is 11.1 Å². The maximum Gasteiger partial charge on any atom is 0.332 e. The standard InChI is InChI=1S/C37H60N2O6/c1-31(11-8-9-14-33(40)29-36(2,3)4)12-10-13-32-15-17-34(18-16-32)44-26-24-39-21-19-38(20-22-39)23-25-42-27-28-43-30-35(41)45-37(5,6)7/h8,11-12,15-18H,9-10,13-14,19-30H2,1-7H3/b11-8?,31-12-. The van der Waals surface area contributed by atoms with Gasteiger partial charge in [-0.2, -0.15) is 0 Å². The first-order valence-electron chi connectivity index (χ1n) is 16.7. The number of ketones is 1. The lowest BCUT2D eigenvalue weighted by Crippen LogP contribution is -2.48. The summed E-state index contributed by atoms with van der Waals surface area (Å²) in [5.41, 5.74) is 2.12. The van der Waals surface area contributed by atoms with Crippen LogP contribution in [0, 0.1) is 5.41 Å². The third kappa shape index (κ3) is 20.3. The SMILES string of the molecule is C/C(C=CCCC(=O)CC(C)(C)C)=C/CCc1ccc(OCCN2CCN(CCOCCOCC(=O)OC(C)(C)C)CC2)cc1. The number of allylic oxidation sites excluding steroid dienone is 4. The number of carbonyl (C=O) groups is 2. The molecule has 8 nitrogen and oxygen atoms in total. The van der Waals surface area contributed by atoms with Gasteiger partial charge in [-0.15, -0.1) is 0 Å². The van der Waals surface area contributed by atoms with E-state index in [-0.39, 0.29) is 18.0 Å². The molecule has 0 atom stereocenters. The maximum absolute atomic E-state index is 12.0. The van der Waals surface area contributed by atoms with Crippen LogP contribution in [0.4, 0.5) is 0 Å². The fraction of sp³-hybridized carbons (Fsp3) is 0.676. The molecule has 1 aromatic rings. The molecule has 0 aromatic heterocycles. The van der Waals surface area contributed by atoms with Crippen molar-refractivity contribution in [2.45, 2.75) is 86.2 Å². The molecule has 0 N–H and O–H groups in total. The van der Waals surface area contributed by atoms with E-state index in [0.717, 1.165) is 64.3 Å². The molecule has 1 fully saturated rings. The lowest BCUT2D eigenvalue weighted by molar-refractivity contribution is -0.160. The van der Waals surface area contributed by atoms with Crippen LogP contribution in [0.1, 0.15) is 79.7 Å². The number of aryl methyl sites for hydroxylation is 1. The van der Waals surface area contributed by atoms with Gasteiger partial charge in [0, 0.05) is 52.1 Å².